The van der Waals surface area contributed by atoms with Crippen molar-refractivity contribution >= 4 is 44.0 Å². The average molecular weight is 502 g/mol. The zero-order valence-corrected chi connectivity index (χ0v) is 20.3. The smallest absolute Gasteiger partial charge is 0.252 e. The molecule has 2 aromatic carbocycles. The molecule has 9 heteroatoms. The van der Waals surface area contributed by atoms with E-state index < -0.39 is 10.0 Å². The number of benzene rings is 2. The molecule has 0 radical (unpaired) electrons. The second kappa shape index (κ2) is 9.46. The highest BCUT2D eigenvalue weighted by Crippen LogP contribution is 2.31. The van der Waals surface area contributed by atoms with Gasteiger partial charge in [0.05, 0.1) is 15.4 Å². The molecule has 1 fully saturated rings. The Morgan fingerprint density at radius 1 is 1.00 bits per heavy atom. The number of hydrogen-bond acceptors (Lipinski definition) is 5. The van der Waals surface area contributed by atoms with E-state index >= 15 is 0 Å². The number of sulfonamides is 1. The minimum Gasteiger partial charge on any atom is -0.486 e. The lowest BCUT2D eigenvalue weighted by Crippen LogP contribution is -2.39. The molecule has 6 nitrogen and oxygen atoms in total. The fourth-order valence-corrected chi connectivity index (χ4v) is 7.36. The largest absolute Gasteiger partial charge is 0.486 e. The number of piperidine rings is 1. The van der Waals surface area contributed by atoms with E-state index in [1.165, 1.54) is 0 Å². The Morgan fingerprint density at radius 3 is 2.45 bits per heavy atom. The Balaban J connectivity index is 1.30. The maximum absolute atomic E-state index is 12.9. The number of fused-ring (bicyclic) bond motifs is 1. The first kappa shape index (κ1) is 22.4. The van der Waals surface area contributed by atoms with Gasteiger partial charge in [-0.25, -0.2) is 13.4 Å². The number of halogens is 1. The molecule has 172 valence electrons. The third kappa shape index (κ3) is 4.80. The molecule has 0 aliphatic carbocycles. The zero-order valence-electron chi connectivity index (χ0n) is 17.9. The molecule has 0 N–H and O–H groups in total. The number of imidazole rings is 1. The molecule has 1 aliphatic rings. The van der Waals surface area contributed by atoms with E-state index in [2.05, 4.69) is 10.6 Å². The lowest BCUT2D eigenvalue weighted by Gasteiger charge is -2.31. The van der Waals surface area contributed by atoms with Gasteiger partial charge in [0.25, 0.3) is 10.0 Å². The van der Waals surface area contributed by atoms with Crippen LogP contribution in [0.25, 0.3) is 11.0 Å². The topological polar surface area (TPSA) is 64.4 Å². The monoisotopic (exact) mass is 501 g/mol. The van der Waals surface area contributed by atoms with Crippen LogP contribution in [0.2, 0.25) is 4.34 Å². The molecule has 1 saturated heterocycles. The number of thiophene rings is 1. The van der Waals surface area contributed by atoms with Gasteiger partial charge < -0.3 is 9.30 Å². The van der Waals surface area contributed by atoms with Crippen molar-refractivity contribution in [3.8, 4) is 5.75 Å². The highest BCUT2D eigenvalue weighted by atomic mass is 35.5. The van der Waals surface area contributed by atoms with Crippen molar-refractivity contribution in [2.24, 2.45) is 5.92 Å². The van der Waals surface area contributed by atoms with Crippen molar-refractivity contribution < 1.29 is 13.2 Å². The lowest BCUT2D eigenvalue weighted by atomic mass is 9.98. The van der Waals surface area contributed by atoms with Crippen molar-refractivity contribution in [2.75, 3.05) is 13.1 Å². The van der Waals surface area contributed by atoms with Crippen LogP contribution in [0.4, 0.5) is 0 Å². The minimum atomic E-state index is -3.48. The standard InChI is InChI=1S/C24H24ClN3O3S2/c25-22-10-11-24(32-22)33(29,30)27-14-12-18(13-15-27)16-28-21-9-5-4-8-20(21)26-23(28)17-31-19-6-2-1-3-7-19/h1-11,18H,12-17H2. The number of para-hydroxylation sites is 3. The summed E-state index contributed by atoms with van der Waals surface area (Å²) in [6.45, 7) is 2.17. The van der Waals surface area contributed by atoms with E-state index in [0.717, 1.165) is 53.3 Å². The first-order valence-corrected chi connectivity index (χ1v) is 13.5. The van der Waals surface area contributed by atoms with Crippen LogP contribution < -0.4 is 4.74 Å². The van der Waals surface area contributed by atoms with Crippen molar-refractivity contribution in [1.29, 1.82) is 0 Å². The second-order valence-electron chi connectivity index (χ2n) is 8.14. The molecule has 3 heterocycles. The number of aromatic nitrogens is 2. The van der Waals surface area contributed by atoms with Gasteiger partial charge in [-0.2, -0.15) is 4.31 Å². The number of hydrogen-bond donors (Lipinski definition) is 0. The summed E-state index contributed by atoms with van der Waals surface area (Å²) in [5, 5.41) is 0. The summed E-state index contributed by atoms with van der Waals surface area (Å²) in [5.74, 6) is 2.04. The first-order valence-electron chi connectivity index (χ1n) is 10.9. The molecule has 0 amide bonds. The highest BCUT2D eigenvalue weighted by Gasteiger charge is 2.31. The molecule has 0 atom stereocenters. The minimum absolute atomic E-state index is 0.312. The second-order valence-corrected chi connectivity index (χ2v) is 12.0. The van der Waals surface area contributed by atoms with Crippen LogP contribution in [-0.2, 0) is 23.2 Å². The van der Waals surface area contributed by atoms with Gasteiger partial charge in [0, 0.05) is 19.6 Å². The Bertz CT molecular complexity index is 1340. The van der Waals surface area contributed by atoms with Crippen molar-refractivity contribution in [3.63, 3.8) is 0 Å². The van der Waals surface area contributed by atoms with E-state index in [4.69, 9.17) is 21.3 Å². The van der Waals surface area contributed by atoms with Gasteiger partial charge in [0.2, 0.25) is 0 Å². The summed E-state index contributed by atoms with van der Waals surface area (Å²) in [5.41, 5.74) is 2.02. The first-order chi connectivity index (χ1) is 16.0. The SMILES string of the molecule is O=S(=O)(c1ccc(Cl)s1)N1CCC(Cn2c(COc3ccccc3)nc3ccccc32)CC1. The third-order valence-corrected chi connectivity index (χ3v) is 9.60. The predicted octanol–water partition coefficient (Wildman–Crippen LogP) is 5.43. The lowest BCUT2D eigenvalue weighted by molar-refractivity contribution is 0.244. The van der Waals surface area contributed by atoms with Crippen molar-refractivity contribution in [1.82, 2.24) is 13.9 Å². The molecule has 1 aliphatic heterocycles. The molecule has 0 bridgehead atoms. The van der Waals surface area contributed by atoms with Gasteiger partial charge >= 0.3 is 0 Å². The normalized spacial score (nSPS) is 15.8. The molecule has 0 saturated carbocycles. The summed E-state index contributed by atoms with van der Waals surface area (Å²) >= 11 is 7.06. The summed E-state index contributed by atoms with van der Waals surface area (Å²) < 4.78 is 36.4. The molecule has 33 heavy (non-hydrogen) atoms. The van der Waals surface area contributed by atoms with E-state index in [-0.39, 0.29) is 0 Å². The van der Waals surface area contributed by atoms with E-state index in [1.54, 1.807) is 16.4 Å². The van der Waals surface area contributed by atoms with Crippen LogP contribution in [0.1, 0.15) is 18.7 Å². The Kier molecular flexibility index (Phi) is 6.42. The fourth-order valence-electron chi connectivity index (χ4n) is 4.26. The quantitative estimate of drug-likeness (QED) is 0.338. The molecule has 5 rings (SSSR count). The van der Waals surface area contributed by atoms with Crippen LogP contribution >= 0.6 is 22.9 Å². The van der Waals surface area contributed by atoms with Gasteiger partial charge in [-0.05, 0) is 55.2 Å². The van der Waals surface area contributed by atoms with E-state index in [0.29, 0.717) is 34.2 Å². The van der Waals surface area contributed by atoms with Gasteiger partial charge in [0.15, 0.2) is 0 Å². The van der Waals surface area contributed by atoms with Gasteiger partial charge in [-0.1, -0.05) is 41.9 Å². The maximum Gasteiger partial charge on any atom is 0.252 e. The highest BCUT2D eigenvalue weighted by molar-refractivity contribution is 7.91. The number of ether oxygens (including phenoxy) is 1. The molecule has 2 aromatic heterocycles. The molecule has 4 aromatic rings. The molecular formula is C24H24ClN3O3S2. The summed E-state index contributed by atoms with van der Waals surface area (Å²) in [6.07, 6.45) is 1.59. The summed E-state index contributed by atoms with van der Waals surface area (Å²) in [7, 11) is -3.48. The van der Waals surface area contributed by atoms with Crippen LogP contribution in [0.3, 0.4) is 0 Å². The fraction of sp³-hybridized carbons (Fsp3) is 0.292. The van der Waals surface area contributed by atoms with Crippen LogP contribution in [0.15, 0.2) is 70.9 Å². The molecule has 0 unspecified atom stereocenters. The predicted molar refractivity (Wildman–Crippen MR) is 131 cm³/mol. The Morgan fingerprint density at radius 2 is 1.73 bits per heavy atom. The third-order valence-electron chi connectivity index (χ3n) is 6.00. The summed E-state index contributed by atoms with van der Waals surface area (Å²) in [6, 6.07) is 21.0. The van der Waals surface area contributed by atoms with Crippen LogP contribution in [-0.4, -0.2) is 35.4 Å². The van der Waals surface area contributed by atoms with Crippen molar-refractivity contribution in [3.05, 3.63) is 76.9 Å². The number of nitrogens with zero attached hydrogens (tertiary/aromatic N) is 3. The van der Waals surface area contributed by atoms with Crippen LogP contribution in [0, 0.1) is 5.92 Å². The Labute approximate surface area is 202 Å². The van der Waals surface area contributed by atoms with Crippen molar-refractivity contribution in [2.45, 2.75) is 30.2 Å². The number of rotatable bonds is 7. The Hall–Kier alpha value is -2.39. The average Bonchev–Trinajstić information content (AvgIpc) is 3.43. The van der Waals surface area contributed by atoms with Crippen LogP contribution in [0.5, 0.6) is 5.75 Å². The molecular weight excluding hydrogens is 478 g/mol. The zero-order chi connectivity index (χ0) is 22.8. The van der Waals surface area contributed by atoms with E-state index in [9.17, 15) is 8.42 Å². The summed E-state index contributed by atoms with van der Waals surface area (Å²) in [4.78, 5) is 4.81. The maximum atomic E-state index is 12.9. The van der Waals surface area contributed by atoms with Gasteiger partial charge in [-0.15, -0.1) is 11.3 Å². The molecule has 0 spiro atoms. The van der Waals surface area contributed by atoms with Gasteiger partial charge in [0.1, 0.15) is 22.4 Å². The van der Waals surface area contributed by atoms with E-state index in [1.807, 2.05) is 48.5 Å². The van der Waals surface area contributed by atoms with Gasteiger partial charge in [-0.3, -0.25) is 0 Å².